The Morgan fingerprint density at radius 1 is 1.25 bits per heavy atom. The molecule has 1 aromatic rings. The van der Waals surface area contributed by atoms with Crippen LogP contribution in [0, 0.1) is 6.92 Å². The highest BCUT2D eigenvalue weighted by Crippen LogP contribution is 2.27. The summed E-state index contributed by atoms with van der Waals surface area (Å²) >= 11 is 0. The summed E-state index contributed by atoms with van der Waals surface area (Å²) in [5, 5.41) is 7.18. The van der Waals surface area contributed by atoms with Crippen molar-refractivity contribution in [2.45, 2.75) is 83.3 Å². The van der Waals surface area contributed by atoms with Crippen LogP contribution in [0.25, 0.3) is 0 Å². The first kappa shape index (κ1) is 17.4. The number of carbonyl (C=O) groups excluding carboxylic acids is 1. The van der Waals surface area contributed by atoms with Crippen LogP contribution in [0.4, 0.5) is 0 Å². The summed E-state index contributed by atoms with van der Waals surface area (Å²) in [7, 11) is 0. The zero-order chi connectivity index (χ0) is 16.9. The van der Waals surface area contributed by atoms with Crippen molar-refractivity contribution in [3.8, 4) is 0 Å². The molecule has 1 saturated heterocycles. The highest BCUT2D eigenvalue weighted by molar-refractivity contribution is 5.81. The molecule has 2 aliphatic rings. The fourth-order valence-corrected chi connectivity index (χ4v) is 3.87. The van der Waals surface area contributed by atoms with Gasteiger partial charge in [0.15, 0.2) is 5.82 Å². The van der Waals surface area contributed by atoms with Crippen molar-refractivity contribution in [3.63, 3.8) is 0 Å². The molecule has 1 N–H and O–H groups in total. The topological polar surface area (TPSA) is 71.1 Å². The fourth-order valence-electron chi connectivity index (χ4n) is 3.87. The average molecular weight is 334 g/mol. The van der Waals surface area contributed by atoms with Gasteiger partial charge in [0.05, 0.1) is 6.10 Å². The molecular weight excluding hydrogens is 304 g/mol. The van der Waals surface area contributed by atoms with E-state index in [1.165, 1.54) is 19.3 Å². The Morgan fingerprint density at radius 3 is 2.54 bits per heavy atom. The number of carbonyl (C=O) groups is 1. The van der Waals surface area contributed by atoms with Crippen LogP contribution in [0.2, 0.25) is 0 Å². The van der Waals surface area contributed by atoms with E-state index in [2.05, 4.69) is 22.1 Å². The number of nitrogens with zero attached hydrogens (tertiary/aromatic N) is 3. The van der Waals surface area contributed by atoms with Crippen LogP contribution >= 0.6 is 0 Å². The number of aromatic amines is 1. The molecule has 24 heavy (non-hydrogen) atoms. The van der Waals surface area contributed by atoms with Gasteiger partial charge in [-0.2, -0.15) is 5.10 Å². The Balaban J connectivity index is 1.51. The summed E-state index contributed by atoms with van der Waals surface area (Å²) in [6.07, 6.45) is 8.62. The number of amides is 1. The predicted octanol–water partition coefficient (Wildman–Crippen LogP) is 2.95. The molecule has 6 nitrogen and oxygen atoms in total. The van der Waals surface area contributed by atoms with E-state index < -0.39 is 0 Å². The maximum Gasteiger partial charge on any atom is 0.251 e. The van der Waals surface area contributed by atoms with Crippen LogP contribution in [0.5, 0.6) is 0 Å². The first-order valence-electron chi connectivity index (χ1n) is 9.50. The highest BCUT2D eigenvalue weighted by atomic mass is 16.5. The van der Waals surface area contributed by atoms with Crippen molar-refractivity contribution in [3.05, 3.63) is 11.6 Å². The molecule has 0 radical (unpaired) electrons. The van der Waals surface area contributed by atoms with Gasteiger partial charge in [-0.15, -0.1) is 0 Å². The molecule has 0 unspecified atom stereocenters. The number of rotatable bonds is 5. The minimum atomic E-state index is -0.268. The zero-order valence-electron chi connectivity index (χ0n) is 15.0. The number of nitrogens with one attached hydrogen (secondary N) is 1. The van der Waals surface area contributed by atoms with E-state index >= 15 is 0 Å². The van der Waals surface area contributed by atoms with Gasteiger partial charge < -0.3 is 9.64 Å². The van der Waals surface area contributed by atoms with E-state index in [4.69, 9.17) is 4.74 Å². The number of aromatic nitrogens is 3. The Bertz CT molecular complexity index is 531. The Kier molecular flexibility index (Phi) is 5.87. The maximum atomic E-state index is 12.8. The molecule has 0 bridgehead atoms. The minimum absolute atomic E-state index is 0.174. The predicted molar refractivity (Wildman–Crippen MR) is 91.7 cm³/mol. The summed E-state index contributed by atoms with van der Waals surface area (Å²) < 4.78 is 6.15. The second-order valence-electron chi connectivity index (χ2n) is 7.17. The number of hydrogen-bond donors (Lipinski definition) is 1. The van der Waals surface area contributed by atoms with Crippen LogP contribution in [0.3, 0.4) is 0 Å². The van der Waals surface area contributed by atoms with Gasteiger partial charge in [0.25, 0.3) is 5.91 Å². The summed E-state index contributed by atoms with van der Waals surface area (Å²) in [5.74, 6) is 2.28. The van der Waals surface area contributed by atoms with Crippen molar-refractivity contribution in [2.24, 2.45) is 0 Å². The quantitative estimate of drug-likeness (QED) is 0.898. The van der Waals surface area contributed by atoms with E-state index in [1.807, 2.05) is 11.8 Å². The molecule has 3 rings (SSSR count). The van der Waals surface area contributed by atoms with Gasteiger partial charge in [0.1, 0.15) is 11.9 Å². The van der Waals surface area contributed by atoms with E-state index in [0.29, 0.717) is 5.92 Å². The summed E-state index contributed by atoms with van der Waals surface area (Å²) in [6.45, 7) is 5.53. The van der Waals surface area contributed by atoms with E-state index in [0.717, 1.165) is 56.8 Å². The van der Waals surface area contributed by atoms with Gasteiger partial charge in [0, 0.05) is 19.0 Å². The van der Waals surface area contributed by atoms with Crippen LogP contribution < -0.4 is 0 Å². The first-order chi connectivity index (χ1) is 11.7. The van der Waals surface area contributed by atoms with Crippen molar-refractivity contribution < 1.29 is 9.53 Å². The molecule has 1 aliphatic carbocycles. The van der Waals surface area contributed by atoms with E-state index in [-0.39, 0.29) is 18.1 Å². The van der Waals surface area contributed by atoms with Crippen LogP contribution in [-0.2, 0) is 9.53 Å². The molecule has 0 aromatic carbocycles. The van der Waals surface area contributed by atoms with E-state index in [9.17, 15) is 4.79 Å². The largest absolute Gasteiger partial charge is 0.365 e. The average Bonchev–Trinajstić information content (AvgIpc) is 3.06. The molecule has 2 fully saturated rings. The third-order valence-corrected chi connectivity index (χ3v) is 5.34. The second kappa shape index (κ2) is 8.10. The van der Waals surface area contributed by atoms with Gasteiger partial charge in [0.2, 0.25) is 0 Å². The molecule has 1 aromatic heterocycles. The van der Waals surface area contributed by atoms with Gasteiger partial charge in [-0.1, -0.05) is 26.2 Å². The van der Waals surface area contributed by atoms with Crippen LogP contribution in [0.15, 0.2) is 0 Å². The number of aryl methyl sites for hydroxylation is 1. The summed E-state index contributed by atoms with van der Waals surface area (Å²) in [5.41, 5.74) is 0. The number of ether oxygens (including phenoxy) is 1. The lowest BCUT2D eigenvalue weighted by atomic mass is 9.95. The standard InChI is InChI=1S/C18H30N4O2/c1-3-16(24-15-7-5-4-6-8-15)18(23)22-11-9-14(10-12-22)17-19-13(2)20-21-17/h14-16H,3-12H2,1-2H3,(H,19,20,21)/t16-/m0/s1. The molecule has 1 aliphatic heterocycles. The monoisotopic (exact) mass is 334 g/mol. The van der Waals surface area contributed by atoms with Crippen molar-refractivity contribution >= 4 is 5.91 Å². The van der Waals surface area contributed by atoms with Gasteiger partial charge in [-0.25, -0.2) is 4.98 Å². The van der Waals surface area contributed by atoms with Gasteiger partial charge >= 0.3 is 0 Å². The molecule has 0 spiro atoms. The highest BCUT2D eigenvalue weighted by Gasteiger charge is 2.31. The molecule has 1 atom stereocenters. The SMILES string of the molecule is CC[C@H](OC1CCCCC1)C(=O)N1CCC(c2n[nH]c(C)n2)CC1. The first-order valence-corrected chi connectivity index (χ1v) is 9.50. The molecule has 1 saturated carbocycles. The van der Waals surface area contributed by atoms with Gasteiger partial charge in [-0.3, -0.25) is 9.89 Å². The van der Waals surface area contributed by atoms with Crippen LogP contribution in [0.1, 0.15) is 75.9 Å². The molecule has 2 heterocycles. The van der Waals surface area contributed by atoms with Gasteiger partial charge in [-0.05, 0) is 39.0 Å². The lowest BCUT2D eigenvalue weighted by molar-refractivity contribution is -0.150. The minimum Gasteiger partial charge on any atom is -0.365 e. The van der Waals surface area contributed by atoms with Crippen molar-refractivity contribution in [2.75, 3.05) is 13.1 Å². The fraction of sp³-hybridized carbons (Fsp3) is 0.833. The molecule has 134 valence electrons. The normalized spacial score (nSPS) is 21.8. The molecule has 6 heteroatoms. The second-order valence-corrected chi connectivity index (χ2v) is 7.17. The van der Waals surface area contributed by atoms with Crippen molar-refractivity contribution in [1.29, 1.82) is 0 Å². The number of piperidine rings is 1. The molecular formula is C18H30N4O2. The lowest BCUT2D eigenvalue weighted by Crippen LogP contribution is -2.45. The number of likely N-dealkylation sites (tertiary alicyclic amines) is 1. The Hall–Kier alpha value is -1.43. The number of H-pyrrole nitrogens is 1. The third kappa shape index (κ3) is 4.15. The third-order valence-electron chi connectivity index (χ3n) is 5.34. The van der Waals surface area contributed by atoms with E-state index in [1.54, 1.807) is 0 Å². The number of hydrogen-bond acceptors (Lipinski definition) is 4. The Labute approximate surface area is 144 Å². The summed E-state index contributed by atoms with van der Waals surface area (Å²) in [6, 6.07) is 0. The smallest absolute Gasteiger partial charge is 0.251 e. The van der Waals surface area contributed by atoms with Crippen molar-refractivity contribution in [1.82, 2.24) is 20.1 Å². The maximum absolute atomic E-state index is 12.8. The Morgan fingerprint density at radius 2 is 1.96 bits per heavy atom. The summed E-state index contributed by atoms with van der Waals surface area (Å²) in [4.78, 5) is 19.2. The lowest BCUT2D eigenvalue weighted by Gasteiger charge is -2.34. The van der Waals surface area contributed by atoms with Crippen LogP contribution in [-0.4, -0.2) is 51.3 Å². The molecule has 1 amide bonds. The zero-order valence-corrected chi connectivity index (χ0v) is 15.0.